The Labute approximate surface area is 120 Å². The van der Waals surface area contributed by atoms with Gasteiger partial charge in [-0.3, -0.25) is 14.3 Å². The van der Waals surface area contributed by atoms with Crippen LogP contribution in [0.15, 0.2) is 15.8 Å². The molecule has 0 aliphatic carbocycles. The molecule has 2 rings (SSSR count). The highest BCUT2D eigenvalue weighted by Crippen LogP contribution is 2.36. The van der Waals surface area contributed by atoms with Crippen LogP contribution in [0.4, 0.5) is 0 Å². The summed E-state index contributed by atoms with van der Waals surface area (Å²) in [6.45, 7) is 2.74. The van der Waals surface area contributed by atoms with Crippen LogP contribution in [0, 0.1) is 6.92 Å². The first kappa shape index (κ1) is 16.0. The molecule has 1 unspecified atom stereocenters. The molecule has 0 amide bonds. The number of H-pyrrole nitrogens is 1. The van der Waals surface area contributed by atoms with Crippen molar-refractivity contribution in [3.8, 4) is 0 Å². The van der Waals surface area contributed by atoms with Gasteiger partial charge in [-0.2, -0.15) is 0 Å². The standard InChI is InChI=1S/C11H15N2O7P/c1-6-4-13(10(15)12-9(6)14)8-3-11(2,16)7(20-8)5-19-21(17)18/h4,7-8,16H,3,5H2,1-2H3,(H-,12,14,15,17,18)/p+1/t7-,8-,11+/m1/s1. The number of nitrogens with one attached hydrogen (secondary N) is 1. The lowest BCUT2D eigenvalue weighted by molar-refractivity contribution is -0.0708. The van der Waals surface area contributed by atoms with Crippen LogP contribution in [0.2, 0.25) is 0 Å². The second kappa shape index (κ2) is 5.78. The lowest BCUT2D eigenvalue weighted by Gasteiger charge is -2.20. The van der Waals surface area contributed by atoms with Gasteiger partial charge in [-0.15, -0.1) is 9.42 Å². The number of aryl methyl sites for hydroxylation is 1. The van der Waals surface area contributed by atoms with Gasteiger partial charge >= 0.3 is 13.9 Å². The summed E-state index contributed by atoms with van der Waals surface area (Å²) in [7, 11) is -2.80. The highest BCUT2D eigenvalue weighted by Gasteiger charge is 2.46. The molecule has 116 valence electrons. The number of ether oxygens (including phenoxy) is 1. The third kappa shape index (κ3) is 3.45. The molecule has 0 saturated carbocycles. The van der Waals surface area contributed by atoms with E-state index >= 15 is 0 Å². The minimum Gasteiger partial charge on any atom is -0.387 e. The first-order valence-electron chi connectivity index (χ1n) is 6.19. The van der Waals surface area contributed by atoms with E-state index in [2.05, 4.69) is 9.51 Å². The van der Waals surface area contributed by atoms with Crippen LogP contribution in [0.3, 0.4) is 0 Å². The zero-order chi connectivity index (χ0) is 15.8. The number of aromatic amines is 1. The molecule has 2 heterocycles. The maximum Gasteiger partial charge on any atom is 0.694 e. The van der Waals surface area contributed by atoms with E-state index in [4.69, 9.17) is 9.63 Å². The van der Waals surface area contributed by atoms with E-state index in [1.165, 1.54) is 17.7 Å². The summed E-state index contributed by atoms with van der Waals surface area (Å²) < 4.78 is 21.8. The van der Waals surface area contributed by atoms with Gasteiger partial charge in [0.1, 0.15) is 18.9 Å². The molecule has 1 aliphatic heterocycles. The predicted octanol–water partition coefficient (Wildman–Crippen LogP) is -0.450. The minimum atomic E-state index is -2.80. The lowest BCUT2D eigenvalue weighted by Crippen LogP contribution is -2.37. The fraction of sp³-hybridized carbons (Fsp3) is 0.636. The van der Waals surface area contributed by atoms with Gasteiger partial charge in [0, 0.05) is 22.7 Å². The van der Waals surface area contributed by atoms with Crippen molar-refractivity contribution < 1.29 is 23.8 Å². The Morgan fingerprint density at radius 3 is 2.90 bits per heavy atom. The Morgan fingerprint density at radius 2 is 2.29 bits per heavy atom. The van der Waals surface area contributed by atoms with Crippen LogP contribution in [0.25, 0.3) is 0 Å². The van der Waals surface area contributed by atoms with Crippen molar-refractivity contribution in [2.75, 3.05) is 6.61 Å². The normalized spacial score (nSPS) is 29.6. The molecule has 1 aromatic rings. The largest absolute Gasteiger partial charge is 0.694 e. The molecule has 1 aromatic heterocycles. The minimum absolute atomic E-state index is 0.0780. The summed E-state index contributed by atoms with van der Waals surface area (Å²) in [4.78, 5) is 33.9. The summed E-state index contributed by atoms with van der Waals surface area (Å²) in [6.07, 6.45) is -0.243. The quantitative estimate of drug-likeness (QED) is 0.641. The fourth-order valence-electron chi connectivity index (χ4n) is 2.18. The van der Waals surface area contributed by atoms with E-state index < -0.39 is 37.4 Å². The van der Waals surface area contributed by atoms with Gasteiger partial charge in [0.25, 0.3) is 5.56 Å². The Bertz CT molecular complexity index is 665. The van der Waals surface area contributed by atoms with E-state index in [1.54, 1.807) is 6.92 Å². The van der Waals surface area contributed by atoms with Crippen molar-refractivity contribution >= 4 is 8.25 Å². The third-order valence-electron chi connectivity index (χ3n) is 3.40. The van der Waals surface area contributed by atoms with Crippen molar-refractivity contribution in [3.05, 3.63) is 32.6 Å². The average molecular weight is 319 g/mol. The number of rotatable bonds is 4. The van der Waals surface area contributed by atoms with Crippen molar-refractivity contribution in [2.24, 2.45) is 0 Å². The molecule has 0 radical (unpaired) electrons. The third-order valence-corrected chi connectivity index (χ3v) is 3.77. The maximum absolute atomic E-state index is 11.8. The summed E-state index contributed by atoms with van der Waals surface area (Å²) in [5.74, 6) is 0. The number of hydrogen-bond donors (Lipinski definition) is 3. The van der Waals surface area contributed by atoms with Crippen LogP contribution in [0.5, 0.6) is 0 Å². The SMILES string of the molecule is Cc1cn([C@H]2C[C@](C)(O)[C@@H](CO[P+](=O)O)O2)c(=O)[nH]c1=O. The molecule has 10 heteroatoms. The van der Waals surface area contributed by atoms with Gasteiger partial charge in [0.05, 0.1) is 5.60 Å². The van der Waals surface area contributed by atoms with Gasteiger partial charge in [0.15, 0.2) is 0 Å². The number of nitrogens with zero attached hydrogens (tertiary/aromatic N) is 1. The van der Waals surface area contributed by atoms with Crippen LogP contribution in [-0.4, -0.2) is 37.9 Å². The molecule has 9 nitrogen and oxygen atoms in total. The van der Waals surface area contributed by atoms with Crippen molar-refractivity contribution in [2.45, 2.75) is 38.2 Å². The van der Waals surface area contributed by atoms with Crippen LogP contribution >= 0.6 is 8.25 Å². The molecular formula is C11H16N2O7P+. The summed E-state index contributed by atoms with van der Waals surface area (Å²) in [6, 6.07) is 0. The Kier molecular flexibility index (Phi) is 4.40. The number of aliphatic hydroxyl groups is 1. The van der Waals surface area contributed by atoms with Gasteiger partial charge in [-0.25, -0.2) is 4.79 Å². The molecule has 1 fully saturated rings. The zero-order valence-corrected chi connectivity index (χ0v) is 12.4. The molecule has 0 bridgehead atoms. The highest BCUT2D eigenvalue weighted by molar-refractivity contribution is 7.32. The first-order chi connectivity index (χ1) is 9.70. The maximum atomic E-state index is 11.8. The van der Waals surface area contributed by atoms with Gasteiger partial charge in [-0.1, -0.05) is 0 Å². The highest BCUT2D eigenvalue weighted by atomic mass is 31.1. The predicted molar refractivity (Wildman–Crippen MR) is 71.0 cm³/mol. The number of aromatic nitrogens is 2. The second-order valence-electron chi connectivity index (χ2n) is 5.15. The van der Waals surface area contributed by atoms with E-state index in [9.17, 15) is 19.3 Å². The molecule has 3 N–H and O–H groups in total. The Hall–Kier alpha value is -1.38. The van der Waals surface area contributed by atoms with E-state index in [1.807, 2.05) is 0 Å². The van der Waals surface area contributed by atoms with Crippen molar-refractivity contribution in [1.29, 1.82) is 0 Å². The topological polar surface area (TPSA) is 131 Å². The Balaban J connectivity index is 2.24. The fourth-order valence-corrected chi connectivity index (χ4v) is 2.45. The molecule has 1 saturated heterocycles. The molecule has 4 atom stereocenters. The van der Waals surface area contributed by atoms with Crippen LogP contribution < -0.4 is 11.2 Å². The van der Waals surface area contributed by atoms with Gasteiger partial charge in [-0.05, 0) is 13.8 Å². The first-order valence-corrected chi connectivity index (χ1v) is 7.32. The second-order valence-corrected chi connectivity index (χ2v) is 5.89. The molecular weight excluding hydrogens is 303 g/mol. The van der Waals surface area contributed by atoms with E-state index in [-0.39, 0.29) is 13.0 Å². The smallest absolute Gasteiger partial charge is 0.387 e. The van der Waals surface area contributed by atoms with Crippen molar-refractivity contribution in [3.63, 3.8) is 0 Å². The molecule has 1 aliphatic rings. The van der Waals surface area contributed by atoms with Gasteiger partial charge in [0.2, 0.25) is 0 Å². The van der Waals surface area contributed by atoms with Crippen molar-refractivity contribution in [1.82, 2.24) is 9.55 Å². The number of hydrogen-bond acceptors (Lipinski definition) is 6. The van der Waals surface area contributed by atoms with E-state index in [0.717, 1.165) is 0 Å². The zero-order valence-electron chi connectivity index (χ0n) is 11.5. The summed E-state index contributed by atoms with van der Waals surface area (Å²) in [5.41, 5.74) is -2.14. The monoisotopic (exact) mass is 319 g/mol. The Morgan fingerprint density at radius 1 is 1.62 bits per heavy atom. The lowest BCUT2D eigenvalue weighted by atomic mass is 9.98. The molecule has 0 spiro atoms. The van der Waals surface area contributed by atoms with Crippen LogP contribution in [0.1, 0.15) is 25.1 Å². The summed E-state index contributed by atoms with van der Waals surface area (Å²) in [5, 5.41) is 10.2. The van der Waals surface area contributed by atoms with Gasteiger partial charge < -0.3 is 9.84 Å². The molecule has 21 heavy (non-hydrogen) atoms. The molecule has 0 aromatic carbocycles. The van der Waals surface area contributed by atoms with Crippen LogP contribution in [-0.2, 0) is 13.8 Å². The van der Waals surface area contributed by atoms with E-state index in [0.29, 0.717) is 5.56 Å². The average Bonchev–Trinajstić information content (AvgIpc) is 2.66. The summed E-state index contributed by atoms with van der Waals surface area (Å²) >= 11 is 0.